The van der Waals surface area contributed by atoms with Crippen molar-refractivity contribution < 1.29 is 50.5 Å². The second kappa shape index (κ2) is 12.7. The standard InChI is InChI=1S/C21H18FN7.2C2HF3O2/c1-12-5-4-8-29-18(14-6-3-7-15(22)9-14)16(28-21(12)29)13(2)27-20-17-19(24-10-23-17)25-11-26-20;2*3-2(4,5)1(6)7/h3-11,13H,1-2H3,(H2,23,24,25,26,27);2*(H,6,7). The Labute approximate surface area is 236 Å². The van der Waals surface area contributed by atoms with Gasteiger partial charge in [-0.3, -0.25) is 4.40 Å². The number of anilines is 1. The van der Waals surface area contributed by atoms with E-state index in [4.69, 9.17) is 24.8 Å². The Morgan fingerprint density at radius 3 is 2.19 bits per heavy atom. The summed E-state index contributed by atoms with van der Waals surface area (Å²) in [4.78, 5) is 38.4. The van der Waals surface area contributed by atoms with Crippen LogP contribution in [0.3, 0.4) is 0 Å². The Balaban J connectivity index is 0.000000303. The Hall–Kier alpha value is -5.29. The van der Waals surface area contributed by atoms with Crippen LogP contribution in [0.5, 0.6) is 0 Å². The normalized spacial score (nSPS) is 12.1. The van der Waals surface area contributed by atoms with Gasteiger partial charge in [-0.1, -0.05) is 18.2 Å². The van der Waals surface area contributed by atoms with E-state index in [0.29, 0.717) is 11.5 Å². The number of fused-ring (bicyclic) bond motifs is 2. The van der Waals surface area contributed by atoms with E-state index in [2.05, 4.69) is 25.3 Å². The van der Waals surface area contributed by atoms with Crippen molar-refractivity contribution in [1.29, 1.82) is 0 Å². The predicted octanol–water partition coefficient (Wildman–Crippen LogP) is 5.55. The van der Waals surface area contributed by atoms with Crippen LogP contribution in [-0.2, 0) is 9.59 Å². The summed E-state index contributed by atoms with van der Waals surface area (Å²) < 4.78 is 79.5. The first kappa shape index (κ1) is 32.2. The van der Waals surface area contributed by atoms with Crippen molar-refractivity contribution in [3.63, 3.8) is 0 Å². The Morgan fingerprint density at radius 1 is 0.977 bits per heavy atom. The molecule has 4 heterocycles. The number of benzene rings is 1. The number of carbonyl (C=O) groups is 2. The molecule has 0 amide bonds. The molecule has 1 aromatic carbocycles. The van der Waals surface area contributed by atoms with E-state index in [-0.39, 0.29) is 11.9 Å². The third-order valence-electron chi connectivity index (χ3n) is 5.44. The van der Waals surface area contributed by atoms with Gasteiger partial charge in [0.1, 0.15) is 23.3 Å². The zero-order valence-electron chi connectivity index (χ0n) is 21.9. The summed E-state index contributed by atoms with van der Waals surface area (Å²) in [5, 5.41) is 17.7. The van der Waals surface area contributed by atoms with Crippen LogP contribution in [0, 0.1) is 12.7 Å². The van der Waals surface area contributed by atoms with Crippen molar-refractivity contribution in [3.8, 4) is 11.3 Å². The van der Waals surface area contributed by atoms with E-state index in [9.17, 15) is 30.7 Å². The molecule has 1 unspecified atom stereocenters. The van der Waals surface area contributed by atoms with Gasteiger partial charge >= 0.3 is 24.3 Å². The maximum absolute atomic E-state index is 14.0. The van der Waals surface area contributed by atoms with E-state index < -0.39 is 24.3 Å². The molecule has 228 valence electrons. The van der Waals surface area contributed by atoms with Crippen molar-refractivity contribution >= 4 is 34.6 Å². The first-order valence-electron chi connectivity index (χ1n) is 11.7. The lowest BCUT2D eigenvalue weighted by molar-refractivity contribution is -0.193. The van der Waals surface area contributed by atoms with E-state index in [0.717, 1.165) is 33.7 Å². The van der Waals surface area contributed by atoms with Crippen LogP contribution in [0.1, 0.15) is 24.2 Å². The van der Waals surface area contributed by atoms with Gasteiger partial charge in [-0.05, 0) is 37.6 Å². The molecule has 0 spiro atoms. The van der Waals surface area contributed by atoms with Gasteiger partial charge in [0.2, 0.25) is 0 Å². The van der Waals surface area contributed by atoms with Crippen LogP contribution in [0.25, 0.3) is 28.1 Å². The number of H-pyrrole nitrogens is 1. The van der Waals surface area contributed by atoms with Crippen LogP contribution < -0.4 is 5.32 Å². The van der Waals surface area contributed by atoms with Crippen LogP contribution in [0.15, 0.2) is 55.2 Å². The second-order valence-electron chi connectivity index (χ2n) is 8.54. The highest BCUT2D eigenvalue weighted by molar-refractivity contribution is 5.82. The van der Waals surface area contributed by atoms with Gasteiger partial charge < -0.3 is 20.5 Å². The number of aryl methyl sites for hydroxylation is 1. The predicted molar refractivity (Wildman–Crippen MR) is 136 cm³/mol. The zero-order chi connectivity index (χ0) is 32.1. The highest BCUT2D eigenvalue weighted by Crippen LogP contribution is 2.32. The highest BCUT2D eigenvalue weighted by atomic mass is 19.4. The minimum atomic E-state index is -5.08. The van der Waals surface area contributed by atoms with Crippen molar-refractivity contribution in [2.75, 3.05) is 5.32 Å². The minimum absolute atomic E-state index is 0.200. The van der Waals surface area contributed by atoms with Crippen LogP contribution in [-0.4, -0.2) is 63.8 Å². The molecule has 43 heavy (non-hydrogen) atoms. The number of hydrogen-bond donors (Lipinski definition) is 4. The molecule has 4 aromatic heterocycles. The average molecular weight is 615 g/mol. The number of nitrogens with zero attached hydrogens (tertiary/aromatic N) is 5. The summed E-state index contributed by atoms with van der Waals surface area (Å²) in [6.07, 6.45) is -5.16. The number of halogens is 7. The van der Waals surface area contributed by atoms with Gasteiger partial charge in [0.05, 0.1) is 23.8 Å². The van der Waals surface area contributed by atoms with E-state index in [1.165, 1.54) is 18.5 Å². The molecule has 5 aromatic rings. The molecule has 0 bridgehead atoms. The molecule has 18 heteroatoms. The summed E-state index contributed by atoms with van der Waals surface area (Å²) in [5.74, 6) is -5.16. The zero-order valence-corrected chi connectivity index (χ0v) is 21.9. The Morgan fingerprint density at radius 2 is 1.60 bits per heavy atom. The van der Waals surface area contributed by atoms with Crippen LogP contribution in [0.2, 0.25) is 0 Å². The number of nitrogens with one attached hydrogen (secondary N) is 2. The number of carboxylic acid groups (broad SMARTS) is 2. The lowest BCUT2D eigenvalue weighted by Crippen LogP contribution is -2.21. The molecule has 1 atom stereocenters. The molecule has 0 saturated heterocycles. The van der Waals surface area contributed by atoms with Gasteiger partial charge in [0.25, 0.3) is 0 Å². The molecule has 0 radical (unpaired) electrons. The SMILES string of the molecule is Cc1cccn2c(-c3cccc(F)c3)c(C(C)Nc3ncnc4nc[nH]c34)nc12.O=C(O)C(F)(F)F.O=C(O)C(F)(F)F. The van der Waals surface area contributed by atoms with E-state index >= 15 is 0 Å². The van der Waals surface area contributed by atoms with Gasteiger partial charge in [0, 0.05) is 11.8 Å². The summed E-state index contributed by atoms with van der Waals surface area (Å²) in [7, 11) is 0. The number of aromatic amines is 1. The Kier molecular flexibility index (Phi) is 9.52. The van der Waals surface area contributed by atoms with Gasteiger partial charge in [-0.15, -0.1) is 0 Å². The van der Waals surface area contributed by atoms with Gasteiger partial charge in [-0.2, -0.15) is 26.3 Å². The average Bonchev–Trinajstić information content (AvgIpc) is 3.55. The molecule has 4 N–H and O–H groups in total. The maximum Gasteiger partial charge on any atom is 0.490 e. The molecule has 0 aliphatic rings. The minimum Gasteiger partial charge on any atom is -0.475 e. The molecule has 0 aliphatic heterocycles. The number of imidazole rings is 2. The fourth-order valence-corrected chi connectivity index (χ4v) is 3.59. The number of aromatic nitrogens is 6. The van der Waals surface area contributed by atoms with Crippen molar-refractivity contribution in [2.45, 2.75) is 32.2 Å². The molecule has 11 nitrogen and oxygen atoms in total. The summed E-state index contributed by atoms with van der Waals surface area (Å²) in [6, 6.07) is 10.3. The quantitative estimate of drug-likeness (QED) is 0.190. The topological polar surface area (TPSA) is 158 Å². The number of pyridine rings is 1. The molecule has 5 rings (SSSR count). The van der Waals surface area contributed by atoms with Gasteiger partial charge in [0.15, 0.2) is 11.5 Å². The lowest BCUT2D eigenvalue weighted by Gasteiger charge is -2.15. The molecule has 0 saturated carbocycles. The first-order chi connectivity index (χ1) is 20.0. The number of rotatable bonds is 4. The monoisotopic (exact) mass is 615 g/mol. The number of hydrogen-bond acceptors (Lipinski definition) is 7. The third kappa shape index (κ3) is 7.92. The number of aliphatic carboxylic acids is 2. The third-order valence-corrected chi connectivity index (χ3v) is 5.44. The second-order valence-corrected chi connectivity index (χ2v) is 8.54. The fraction of sp³-hybridized carbons (Fsp3) is 0.200. The first-order valence-corrected chi connectivity index (χ1v) is 11.7. The largest absolute Gasteiger partial charge is 0.490 e. The maximum atomic E-state index is 14.0. The summed E-state index contributed by atoms with van der Waals surface area (Å²) in [6.45, 7) is 4.02. The van der Waals surface area contributed by atoms with Crippen molar-refractivity contribution in [2.24, 2.45) is 0 Å². The van der Waals surface area contributed by atoms with Crippen LogP contribution in [0.4, 0.5) is 36.6 Å². The van der Waals surface area contributed by atoms with Crippen molar-refractivity contribution in [3.05, 3.63) is 72.3 Å². The molecular weight excluding hydrogens is 595 g/mol. The number of alkyl halides is 6. The fourth-order valence-electron chi connectivity index (χ4n) is 3.59. The Bertz CT molecular complexity index is 1730. The smallest absolute Gasteiger partial charge is 0.475 e. The lowest BCUT2D eigenvalue weighted by atomic mass is 10.1. The summed E-state index contributed by atoms with van der Waals surface area (Å²) >= 11 is 0. The van der Waals surface area contributed by atoms with Crippen molar-refractivity contribution in [1.82, 2.24) is 29.3 Å². The highest BCUT2D eigenvalue weighted by Gasteiger charge is 2.38. The summed E-state index contributed by atoms with van der Waals surface area (Å²) in [5.41, 5.74) is 5.61. The van der Waals surface area contributed by atoms with Crippen LogP contribution >= 0.6 is 0 Å². The van der Waals surface area contributed by atoms with E-state index in [1.807, 2.05) is 42.6 Å². The molecular formula is C25H20F7N7O4. The van der Waals surface area contributed by atoms with Gasteiger partial charge in [-0.25, -0.2) is 33.9 Å². The molecule has 0 aliphatic carbocycles. The number of carboxylic acids is 2. The molecule has 0 fully saturated rings. The van der Waals surface area contributed by atoms with E-state index in [1.54, 1.807) is 12.4 Å².